The number of likely N-dealkylation sites (N-methyl/N-ethyl adjacent to an activating group) is 1. The molecule has 2 nitrogen and oxygen atoms in total. The van der Waals surface area contributed by atoms with Gasteiger partial charge >= 0.3 is 0 Å². The van der Waals surface area contributed by atoms with Crippen LogP contribution < -0.4 is 5.32 Å². The summed E-state index contributed by atoms with van der Waals surface area (Å²) in [5.41, 5.74) is 0.488. The van der Waals surface area contributed by atoms with Crippen molar-refractivity contribution in [1.82, 2.24) is 5.32 Å². The molecule has 0 fully saturated rings. The topological polar surface area (TPSA) is 32.3 Å². The third-order valence-electron chi connectivity index (χ3n) is 3.18. The lowest BCUT2D eigenvalue weighted by atomic mass is 9.84. The highest BCUT2D eigenvalue weighted by Crippen LogP contribution is 2.31. The van der Waals surface area contributed by atoms with Crippen LogP contribution in [0.1, 0.15) is 38.3 Å². The summed E-state index contributed by atoms with van der Waals surface area (Å²) in [5, 5.41) is 13.7. The molecule has 0 aliphatic rings. The first-order chi connectivity index (χ1) is 7.18. The molecule has 16 heavy (non-hydrogen) atoms. The number of hydrogen-bond donors (Lipinski definition) is 2. The van der Waals surface area contributed by atoms with Gasteiger partial charge in [-0.2, -0.15) is 0 Å². The molecule has 0 saturated carbocycles. The van der Waals surface area contributed by atoms with Crippen LogP contribution in [0.2, 0.25) is 0 Å². The third-order valence-corrected chi connectivity index (χ3v) is 3.18. The highest BCUT2D eigenvalue weighted by molar-refractivity contribution is 5.85. The summed E-state index contributed by atoms with van der Waals surface area (Å²) in [6.45, 7) is 4.05. The maximum Gasteiger partial charge on any atom is 0.0836 e. The minimum atomic E-state index is -0.657. The normalized spacial score (nSPS) is 13.0. The Morgan fingerprint density at radius 2 is 1.69 bits per heavy atom. The number of hydrogen-bond acceptors (Lipinski definition) is 2. The Balaban J connectivity index is 0.00000225. The lowest BCUT2D eigenvalue weighted by Crippen LogP contribution is -2.41. The molecule has 1 atom stereocenters. The van der Waals surface area contributed by atoms with Gasteiger partial charge in [0.25, 0.3) is 0 Å². The number of rotatable bonds is 5. The molecule has 1 aromatic rings. The van der Waals surface area contributed by atoms with Crippen LogP contribution in [0.5, 0.6) is 0 Å². The van der Waals surface area contributed by atoms with Crippen LogP contribution in [-0.4, -0.2) is 17.8 Å². The van der Waals surface area contributed by atoms with Gasteiger partial charge in [-0.25, -0.2) is 0 Å². The average molecular weight is 244 g/mol. The van der Waals surface area contributed by atoms with Gasteiger partial charge in [0.15, 0.2) is 0 Å². The summed E-state index contributed by atoms with van der Waals surface area (Å²) in [5.74, 6) is 0. The van der Waals surface area contributed by atoms with Crippen LogP contribution in [-0.2, 0) is 0 Å². The molecule has 0 spiro atoms. The molecule has 1 rings (SSSR count). The second-order valence-corrected chi connectivity index (χ2v) is 3.94. The molecule has 0 radical (unpaired) electrons. The minimum absolute atomic E-state index is 0. The molecule has 2 N–H and O–H groups in total. The largest absolute Gasteiger partial charge is 0.388 e. The van der Waals surface area contributed by atoms with Crippen LogP contribution in [0.3, 0.4) is 0 Å². The van der Waals surface area contributed by atoms with Gasteiger partial charge < -0.3 is 10.4 Å². The number of benzene rings is 1. The molecule has 0 aliphatic heterocycles. The lowest BCUT2D eigenvalue weighted by molar-refractivity contribution is -0.00460. The SMILES string of the molecule is CCC(O)(CC)C(NC)c1ccccc1.Cl. The Morgan fingerprint density at radius 1 is 1.19 bits per heavy atom. The van der Waals surface area contributed by atoms with E-state index in [1.807, 2.05) is 39.1 Å². The van der Waals surface area contributed by atoms with Crippen LogP contribution in [0.15, 0.2) is 30.3 Å². The summed E-state index contributed by atoms with van der Waals surface area (Å²) >= 11 is 0. The fourth-order valence-electron chi connectivity index (χ4n) is 2.05. The van der Waals surface area contributed by atoms with E-state index in [1.54, 1.807) is 0 Å². The first-order valence-electron chi connectivity index (χ1n) is 5.62. The molecule has 0 heterocycles. The van der Waals surface area contributed by atoms with Crippen LogP contribution in [0.4, 0.5) is 0 Å². The van der Waals surface area contributed by atoms with E-state index in [9.17, 15) is 5.11 Å². The Hall–Kier alpha value is -0.570. The van der Waals surface area contributed by atoms with Crippen LogP contribution in [0, 0.1) is 0 Å². The van der Waals surface area contributed by atoms with Crippen molar-refractivity contribution in [2.75, 3.05) is 7.05 Å². The zero-order valence-electron chi connectivity index (χ0n) is 10.2. The second kappa shape index (κ2) is 6.89. The molecule has 0 saturated heterocycles. The van der Waals surface area contributed by atoms with E-state index < -0.39 is 5.60 Å². The predicted molar refractivity (Wildman–Crippen MR) is 71.0 cm³/mol. The average Bonchev–Trinajstić information content (AvgIpc) is 2.31. The maximum atomic E-state index is 10.5. The summed E-state index contributed by atoms with van der Waals surface area (Å²) in [6, 6.07) is 10.1. The summed E-state index contributed by atoms with van der Waals surface area (Å²) in [7, 11) is 1.90. The highest BCUT2D eigenvalue weighted by Gasteiger charge is 2.33. The molecule has 0 aliphatic carbocycles. The minimum Gasteiger partial charge on any atom is -0.388 e. The smallest absolute Gasteiger partial charge is 0.0836 e. The van der Waals surface area contributed by atoms with Gasteiger partial charge in [0.2, 0.25) is 0 Å². The molecular formula is C13H22ClNO. The van der Waals surface area contributed by atoms with Crippen molar-refractivity contribution >= 4 is 12.4 Å². The lowest BCUT2D eigenvalue weighted by Gasteiger charge is -2.35. The van der Waals surface area contributed by atoms with Gasteiger partial charge in [-0.1, -0.05) is 44.2 Å². The van der Waals surface area contributed by atoms with Gasteiger partial charge in [-0.05, 0) is 25.5 Å². The van der Waals surface area contributed by atoms with E-state index in [-0.39, 0.29) is 18.4 Å². The Morgan fingerprint density at radius 3 is 2.06 bits per heavy atom. The van der Waals surface area contributed by atoms with Crippen molar-refractivity contribution in [2.24, 2.45) is 0 Å². The van der Waals surface area contributed by atoms with E-state index >= 15 is 0 Å². The highest BCUT2D eigenvalue weighted by atomic mass is 35.5. The van der Waals surface area contributed by atoms with Crippen LogP contribution >= 0.6 is 12.4 Å². The van der Waals surface area contributed by atoms with Crippen molar-refractivity contribution in [2.45, 2.75) is 38.3 Å². The first kappa shape index (κ1) is 15.4. The standard InChI is InChI=1S/C13H21NO.ClH/c1-4-13(15,5-2)12(14-3)11-9-7-6-8-10-11;/h6-10,12,14-15H,4-5H2,1-3H3;1H. The number of aliphatic hydroxyl groups is 1. The van der Waals surface area contributed by atoms with Crippen molar-refractivity contribution in [3.8, 4) is 0 Å². The van der Waals surface area contributed by atoms with Crippen molar-refractivity contribution in [3.63, 3.8) is 0 Å². The van der Waals surface area contributed by atoms with Gasteiger partial charge in [-0.3, -0.25) is 0 Å². The van der Waals surface area contributed by atoms with Gasteiger partial charge in [0.05, 0.1) is 11.6 Å². The molecular weight excluding hydrogens is 222 g/mol. The molecule has 1 aromatic carbocycles. The monoisotopic (exact) mass is 243 g/mol. The van der Waals surface area contributed by atoms with E-state index in [4.69, 9.17) is 0 Å². The Kier molecular flexibility index (Phi) is 6.65. The number of halogens is 1. The summed E-state index contributed by atoms with van der Waals surface area (Å²) in [6.07, 6.45) is 1.51. The van der Waals surface area contributed by atoms with Gasteiger partial charge in [-0.15, -0.1) is 12.4 Å². The fourth-order valence-corrected chi connectivity index (χ4v) is 2.05. The third kappa shape index (κ3) is 3.21. The van der Waals surface area contributed by atoms with Crippen molar-refractivity contribution in [1.29, 1.82) is 0 Å². The Labute approximate surface area is 104 Å². The molecule has 0 aromatic heterocycles. The molecule has 0 bridgehead atoms. The summed E-state index contributed by atoms with van der Waals surface area (Å²) < 4.78 is 0. The van der Waals surface area contributed by atoms with E-state index in [0.717, 1.165) is 18.4 Å². The Bertz CT molecular complexity index is 285. The quantitative estimate of drug-likeness (QED) is 0.834. The van der Waals surface area contributed by atoms with E-state index in [0.29, 0.717) is 0 Å². The van der Waals surface area contributed by atoms with Crippen molar-refractivity contribution in [3.05, 3.63) is 35.9 Å². The zero-order valence-corrected chi connectivity index (χ0v) is 11.1. The number of nitrogens with one attached hydrogen (secondary N) is 1. The fraction of sp³-hybridized carbons (Fsp3) is 0.538. The predicted octanol–water partition coefficient (Wildman–Crippen LogP) is 2.92. The zero-order chi connectivity index (χ0) is 11.3. The van der Waals surface area contributed by atoms with E-state index in [1.165, 1.54) is 0 Å². The van der Waals surface area contributed by atoms with Gasteiger partial charge in [0, 0.05) is 0 Å². The van der Waals surface area contributed by atoms with Gasteiger partial charge in [0.1, 0.15) is 0 Å². The van der Waals surface area contributed by atoms with E-state index in [2.05, 4.69) is 17.4 Å². The van der Waals surface area contributed by atoms with Crippen molar-refractivity contribution < 1.29 is 5.11 Å². The van der Waals surface area contributed by atoms with Crippen LogP contribution in [0.25, 0.3) is 0 Å². The summed E-state index contributed by atoms with van der Waals surface area (Å²) in [4.78, 5) is 0. The molecule has 3 heteroatoms. The molecule has 0 amide bonds. The second-order valence-electron chi connectivity index (χ2n) is 3.94. The first-order valence-corrected chi connectivity index (χ1v) is 5.62. The molecule has 92 valence electrons. The maximum absolute atomic E-state index is 10.5. The molecule has 1 unspecified atom stereocenters.